The molecule has 0 bridgehead atoms. The van der Waals surface area contributed by atoms with Crippen molar-refractivity contribution in [2.75, 3.05) is 6.61 Å². The number of aliphatic imine (C=N–C) groups is 1. The first-order valence-corrected chi connectivity index (χ1v) is 7.69. The molecule has 2 aromatic carbocycles. The van der Waals surface area contributed by atoms with Crippen molar-refractivity contribution in [3.63, 3.8) is 0 Å². The van der Waals surface area contributed by atoms with Crippen LogP contribution in [-0.2, 0) is 11.2 Å². The first-order valence-electron chi connectivity index (χ1n) is 7.69. The molecule has 0 unspecified atom stereocenters. The molecular formula is C19H23NO. The molecule has 2 rings (SSSR count). The zero-order valence-electron chi connectivity index (χ0n) is 12.9. The fourth-order valence-corrected chi connectivity index (χ4v) is 2.13. The third-order valence-electron chi connectivity index (χ3n) is 3.29. The molecule has 0 aliphatic rings. The van der Waals surface area contributed by atoms with Crippen molar-refractivity contribution in [2.45, 2.75) is 33.1 Å². The predicted octanol–water partition coefficient (Wildman–Crippen LogP) is 5.14. The highest BCUT2D eigenvalue weighted by Gasteiger charge is 2.04. The second kappa shape index (κ2) is 8.25. The lowest BCUT2D eigenvalue weighted by atomic mass is 10.1. The summed E-state index contributed by atoms with van der Waals surface area (Å²) < 4.78 is 5.68. The summed E-state index contributed by atoms with van der Waals surface area (Å²) >= 11 is 0. The van der Waals surface area contributed by atoms with Gasteiger partial charge >= 0.3 is 0 Å². The summed E-state index contributed by atoms with van der Waals surface area (Å²) in [6.07, 6.45) is 3.59. The van der Waals surface area contributed by atoms with Crippen LogP contribution in [0.1, 0.15) is 37.8 Å². The summed E-state index contributed by atoms with van der Waals surface area (Å²) in [4.78, 5) is 4.63. The Morgan fingerprint density at radius 2 is 1.67 bits per heavy atom. The number of hydrogen-bond donors (Lipinski definition) is 0. The van der Waals surface area contributed by atoms with Gasteiger partial charge in [-0.15, -0.1) is 0 Å². The predicted molar refractivity (Wildman–Crippen MR) is 89.3 cm³/mol. The molecule has 0 aliphatic carbocycles. The van der Waals surface area contributed by atoms with Crippen LogP contribution in [0.4, 0.5) is 5.69 Å². The summed E-state index contributed by atoms with van der Waals surface area (Å²) in [6.45, 7) is 4.81. The first-order chi connectivity index (χ1) is 10.3. The third kappa shape index (κ3) is 4.75. The lowest BCUT2D eigenvalue weighted by Gasteiger charge is -2.08. The normalized spacial score (nSPS) is 11.4. The summed E-state index contributed by atoms with van der Waals surface area (Å²) in [5.41, 5.74) is 3.31. The van der Waals surface area contributed by atoms with Crippen LogP contribution in [-0.4, -0.2) is 12.5 Å². The Bertz CT molecular complexity index is 558. The second-order valence-corrected chi connectivity index (χ2v) is 4.99. The van der Waals surface area contributed by atoms with Gasteiger partial charge in [0.2, 0.25) is 5.90 Å². The highest BCUT2D eigenvalue weighted by Crippen LogP contribution is 2.17. The minimum Gasteiger partial charge on any atom is -0.478 e. The zero-order valence-corrected chi connectivity index (χ0v) is 12.9. The average Bonchev–Trinajstić information content (AvgIpc) is 2.54. The molecule has 21 heavy (non-hydrogen) atoms. The first kappa shape index (κ1) is 15.3. The van der Waals surface area contributed by atoms with Gasteiger partial charge < -0.3 is 4.74 Å². The molecule has 0 aliphatic heterocycles. The Balaban J connectivity index is 2.18. The van der Waals surface area contributed by atoms with E-state index in [2.05, 4.69) is 36.2 Å². The molecule has 110 valence electrons. The van der Waals surface area contributed by atoms with Crippen molar-refractivity contribution >= 4 is 11.6 Å². The summed E-state index contributed by atoms with van der Waals surface area (Å²) in [6, 6.07) is 18.5. The number of hydrogen-bond acceptors (Lipinski definition) is 2. The van der Waals surface area contributed by atoms with Gasteiger partial charge in [-0.25, -0.2) is 4.99 Å². The molecule has 0 saturated heterocycles. The Morgan fingerprint density at radius 1 is 0.952 bits per heavy atom. The van der Waals surface area contributed by atoms with Crippen molar-refractivity contribution in [1.29, 1.82) is 0 Å². The highest BCUT2D eigenvalue weighted by molar-refractivity contribution is 5.95. The standard InChI is InChI=1S/C19H23NO/c1-3-5-9-16-12-14-18(15-13-16)20-19(21-4-2)17-10-7-6-8-11-17/h6-8,10-15H,3-5,9H2,1-2H3. The smallest absolute Gasteiger partial charge is 0.221 e. The van der Waals surface area contributed by atoms with Gasteiger partial charge in [0.1, 0.15) is 0 Å². The second-order valence-electron chi connectivity index (χ2n) is 4.99. The minimum absolute atomic E-state index is 0.613. The van der Waals surface area contributed by atoms with Crippen molar-refractivity contribution in [3.8, 4) is 0 Å². The van der Waals surface area contributed by atoms with Gasteiger partial charge in [-0.05, 0) is 49.6 Å². The number of rotatable bonds is 6. The average molecular weight is 281 g/mol. The molecular weight excluding hydrogens is 258 g/mol. The molecule has 0 aromatic heterocycles. The number of unbranched alkanes of at least 4 members (excludes halogenated alkanes) is 1. The highest BCUT2D eigenvalue weighted by atomic mass is 16.5. The maximum atomic E-state index is 5.68. The fraction of sp³-hybridized carbons (Fsp3) is 0.316. The van der Waals surface area contributed by atoms with Crippen LogP contribution in [0, 0.1) is 0 Å². The summed E-state index contributed by atoms with van der Waals surface area (Å²) in [5, 5.41) is 0. The molecule has 2 nitrogen and oxygen atoms in total. The Morgan fingerprint density at radius 3 is 2.29 bits per heavy atom. The van der Waals surface area contributed by atoms with Gasteiger partial charge in [0.15, 0.2) is 0 Å². The minimum atomic E-state index is 0.613. The molecule has 0 heterocycles. The molecule has 0 spiro atoms. The number of benzene rings is 2. The Hall–Kier alpha value is -2.09. The van der Waals surface area contributed by atoms with Crippen molar-refractivity contribution in [3.05, 3.63) is 65.7 Å². The fourth-order valence-electron chi connectivity index (χ4n) is 2.13. The molecule has 0 N–H and O–H groups in total. The van der Waals surface area contributed by atoms with Crippen LogP contribution in [0.25, 0.3) is 0 Å². The molecule has 0 atom stereocenters. The van der Waals surface area contributed by atoms with E-state index in [4.69, 9.17) is 4.74 Å². The van der Waals surface area contributed by atoms with Gasteiger partial charge in [-0.1, -0.05) is 43.7 Å². The van der Waals surface area contributed by atoms with Crippen LogP contribution in [0.2, 0.25) is 0 Å². The van der Waals surface area contributed by atoms with Crippen molar-refractivity contribution < 1.29 is 4.74 Å². The Labute approximate surface area is 127 Å². The maximum Gasteiger partial charge on any atom is 0.221 e. The van der Waals surface area contributed by atoms with Gasteiger partial charge in [-0.2, -0.15) is 0 Å². The van der Waals surface area contributed by atoms with Crippen molar-refractivity contribution in [1.82, 2.24) is 0 Å². The van der Waals surface area contributed by atoms with E-state index >= 15 is 0 Å². The monoisotopic (exact) mass is 281 g/mol. The largest absolute Gasteiger partial charge is 0.478 e. The van der Waals surface area contributed by atoms with Gasteiger partial charge in [0.25, 0.3) is 0 Å². The molecule has 0 amide bonds. The number of aryl methyl sites for hydroxylation is 1. The third-order valence-corrected chi connectivity index (χ3v) is 3.29. The summed E-state index contributed by atoms with van der Waals surface area (Å²) in [5.74, 6) is 0.680. The van der Waals surface area contributed by atoms with Crippen LogP contribution >= 0.6 is 0 Å². The quantitative estimate of drug-likeness (QED) is 0.530. The van der Waals surface area contributed by atoms with E-state index in [0.717, 1.165) is 17.7 Å². The van der Waals surface area contributed by atoms with Crippen LogP contribution < -0.4 is 0 Å². The molecule has 0 fully saturated rings. The van der Waals surface area contributed by atoms with Gasteiger partial charge in [0.05, 0.1) is 12.3 Å². The van der Waals surface area contributed by atoms with Crippen LogP contribution in [0.5, 0.6) is 0 Å². The molecule has 0 radical (unpaired) electrons. The zero-order chi connectivity index (χ0) is 14.9. The van der Waals surface area contributed by atoms with Crippen LogP contribution in [0.15, 0.2) is 59.6 Å². The number of nitrogens with zero attached hydrogens (tertiary/aromatic N) is 1. The van der Waals surface area contributed by atoms with Gasteiger partial charge in [0, 0.05) is 5.56 Å². The van der Waals surface area contributed by atoms with E-state index in [9.17, 15) is 0 Å². The topological polar surface area (TPSA) is 21.6 Å². The Kier molecular flexibility index (Phi) is 6.01. The van der Waals surface area contributed by atoms with E-state index in [1.807, 2.05) is 37.3 Å². The maximum absolute atomic E-state index is 5.68. The SMILES string of the molecule is CCCCc1ccc(N=C(OCC)c2ccccc2)cc1. The van der Waals surface area contributed by atoms with E-state index in [-0.39, 0.29) is 0 Å². The molecule has 2 heteroatoms. The lowest BCUT2D eigenvalue weighted by molar-refractivity contribution is 0.329. The molecule has 0 saturated carbocycles. The van der Waals surface area contributed by atoms with E-state index in [1.54, 1.807) is 0 Å². The number of ether oxygens (including phenoxy) is 1. The summed E-state index contributed by atoms with van der Waals surface area (Å²) in [7, 11) is 0. The van der Waals surface area contributed by atoms with Crippen molar-refractivity contribution in [2.24, 2.45) is 4.99 Å². The van der Waals surface area contributed by atoms with E-state index < -0.39 is 0 Å². The van der Waals surface area contributed by atoms with Gasteiger partial charge in [-0.3, -0.25) is 0 Å². The molecule has 2 aromatic rings. The van der Waals surface area contributed by atoms with E-state index in [0.29, 0.717) is 12.5 Å². The van der Waals surface area contributed by atoms with E-state index in [1.165, 1.54) is 18.4 Å². The van der Waals surface area contributed by atoms with Crippen LogP contribution in [0.3, 0.4) is 0 Å². The lowest BCUT2D eigenvalue weighted by Crippen LogP contribution is -2.05.